The van der Waals surface area contributed by atoms with E-state index in [2.05, 4.69) is 16.0 Å². The number of hydrogen-bond donors (Lipinski definition) is 3. The largest absolute Gasteiger partial charge is 0.467 e. The Morgan fingerprint density at radius 2 is 2.05 bits per heavy atom. The van der Waals surface area contributed by atoms with Crippen LogP contribution in [0.4, 0.5) is 4.79 Å². The molecule has 3 N–H and O–H groups in total. The molecular formula is C12H13N3O4. The molecule has 2 rings (SSSR count). The average molecular weight is 263 g/mol. The number of amides is 4. The van der Waals surface area contributed by atoms with Crippen LogP contribution in [0.25, 0.3) is 0 Å². The van der Waals surface area contributed by atoms with Crippen molar-refractivity contribution in [3.8, 4) is 0 Å². The first-order chi connectivity index (χ1) is 9.11. The maximum atomic E-state index is 11.7. The molecule has 0 atom stereocenters. The lowest BCUT2D eigenvalue weighted by Gasteiger charge is -2.23. The van der Waals surface area contributed by atoms with E-state index in [1.54, 1.807) is 25.1 Å². The summed E-state index contributed by atoms with van der Waals surface area (Å²) < 4.78 is 5.14. The summed E-state index contributed by atoms with van der Waals surface area (Å²) >= 11 is 0. The van der Waals surface area contributed by atoms with Crippen molar-refractivity contribution in [1.82, 2.24) is 16.0 Å². The molecule has 7 heteroatoms. The first-order valence-corrected chi connectivity index (χ1v) is 5.70. The van der Waals surface area contributed by atoms with E-state index in [0.717, 1.165) is 0 Å². The lowest BCUT2D eigenvalue weighted by Crippen LogP contribution is -2.57. The van der Waals surface area contributed by atoms with Gasteiger partial charge in [0.1, 0.15) is 5.76 Å². The molecule has 1 aromatic rings. The van der Waals surface area contributed by atoms with E-state index in [-0.39, 0.29) is 0 Å². The molecule has 19 heavy (non-hydrogen) atoms. The Morgan fingerprint density at radius 3 is 2.58 bits per heavy atom. The van der Waals surface area contributed by atoms with E-state index >= 15 is 0 Å². The van der Waals surface area contributed by atoms with Gasteiger partial charge in [0, 0.05) is 5.70 Å². The Bertz CT molecular complexity index is 513. The van der Waals surface area contributed by atoms with Crippen LogP contribution < -0.4 is 16.0 Å². The first-order valence-electron chi connectivity index (χ1n) is 5.70. The highest BCUT2D eigenvalue weighted by Gasteiger charge is 2.36. The molecule has 1 saturated heterocycles. The van der Waals surface area contributed by atoms with Gasteiger partial charge in [-0.1, -0.05) is 6.08 Å². The number of urea groups is 1. The molecule has 7 nitrogen and oxygen atoms in total. The Hall–Kier alpha value is -2.57. The third-order valence-electron chi connectivity index (χ3n) is 2.67. The third kappa shape index (κ3) is 2.82. The van der Waals surface area contributed by atoms with Gasteiger partial charge in [-0.05, 0) is 19.1 Å². The molecule has 0 saturated carbocycles. The van der Waals surface area contributed by atoms with Crippen LogP contribution in [0.15, 0.2) is 34.6 Å². The number of carbonyl (C=O) groups excluding carboxylic acids is 3. The second-order valence-corrected chi connectivity index (χ2v) is 3.92. The van der Waals surface area contributed by atoms with Crippen molar-refractivity contribution < 1.29 is 18.8 Å². The summed E-state index contributed by atoms with van der Waals surface area (Å²) in [6.07, 6.45) is 3.15. The van der Waals surface area contributed by atoms with Crippen molar-refractivity contribution >= 4 is 17.8 Å². The molecule has 0 aliphatic carbocycles. The van der Waals surface area contributed by atoms with Gasteiger partial charge >= 0.3 is 6.03 Å². The minimum Gasteiger partial charge on any atom is -0.467 e. The Balaban J connectivity index is 2.07. The normalized spacial score (nSPS) is 17.1. The fraction of sp³-hybridized carbons (Fsp3) is 0.250. The molecule has 0 spiro atoms. The summed E-state index contributed by atoms with van der Waals surface area (Å²) in [5, 5.41) is 7.06. The van der Waals surface area contributed by atoms with Crippen LogP contribution in [-0.4, -0.2) is 17.8 Å². The van der Waals surface area contributed by atoms with E-state index in [1.165, 1.54) is 6.26 Å². The number of imide groups is 2. The van der Waals surface area contributed by atoms with Crippen molar-refractivity contribution in [3.05, 3.63) is 35.9 Å². The van der Waals surface area contributed by atoms with Crippen LogP contribution in [0.5, 0.6) is 0 Å². The van der Waals surface area contributed by atoms with Gasteiger partial charge in [-0.2, -0.15) is 0 Å². The predicted octanol–water partition coefficient (Wildman–Crippen LogP) is 0.255. The highest BCUT2D eigenvalue weighted by atomic mass is 16.3. The monoisotopic (exact) mass is 263 g/mol. The molecule has 0 unspecified atom stereocenters. The maximum Gasteiger partial charge on any atom is 0.328 e. The van der Waals surface area contributed by atoms with Gasteiger partial charge in [-0.15, -0.1) is 0 Å². The zero-order chi connectivity index (χ0) is 13.8. The van der Waals surface area contributed by atoms with E-state index < -0.39 is 23.8 Å². The zero-order valence-corrected chi connectivity index (χ0v) is 10.2. The summed E-state index contributed by atoms with van der Waals surface area (Å²) in [7, 11) is 0. The Labute approximate surface area is 109 Å². The number of furan rings is 1. The van der Waals surface area contributed by atoms with Gasteiger partial charge in [0.2, 0.25) is 11.8 Å². The lowest BCUT2D eigenvalue weighted by molar-refractivity contribution is -0.134. The van der Waals surface area contributed by atoms with Gasteiger partial charge in [0.25, 0.3) is 0 Å². The van der Waals surface area contributed by atoms with Crippen molar-refractivity contribution in [2.45, 2.75) is 13.5 Å². The highest BCUT2D eigenvalue weighted by molar-refractivity contribution is 6.17. The molecule has 1 aliphatic rings. The molecule has 1 aromatic heterocycles. The molecule has 100 valence electrons. The van der Waals surface area contributed by atoms with Crippen molar-refractivity contribution in [2.75, 3.05) is 0 Å². The van der Waals surface area contributed by atoms with E-state index in [1.807, 2.05) is 0 Å². The molecule has 2 heterocycles. The Morgan fingerprint density at radius 1 is 1.37 bits per heavy atom. The summed E-state index contributed by atoms with van der Waals surface area (Å²) in [5.74, 6) is -1.67. The van der Waals surface area contributed by atoms with Gasteiger partial charge in [0.15, 0.2) is 5.92 Å². The van der Waals surface area contributed by atoms with E-state index in [4.69, 9.17) is 4.42 Å². The average Bonchev–Trinajstić information content (AvgIpc) is 2.85. The van der Waals surface area contributed by atoms with Crippen molar-refractivity contribution in [3.63, 3.8) is 0 Å². The van der Waals surface area contributed by atoms with Gasteiger partial charge in [0.05, 0.1) is 12.8 Å². The van der Waals surface area contributed by atoms with Crippen LogP contribution in [0, 0.1) is 5.92 Å². The standard InChI is InChI=1S/C12H13N3O4/c1-2-8(13-6-7-4-3-5-19-7)9-10(16)14-12(18)15-11(9)17/h2-5,9,13H,6H2,1H3,(H2,14,15,16,17,18)/b8-2+. The second kappa shape index (κ2) is 5.38. The van der Waals surface area contributed by atoms with Gasteiger partial charge < -0.3 is 9.73 Å². The van der Waals surface area contributed by atoms with Crippen LogP contribution in [0.2, 0.25) is 0 Å². The summed E-state index contributed by atoms with van der Waals surface area (Å²) in [5.41, 5.74) is 0.416. The van der Waals surface area contributed by atoms with Crippen LogP contribution >= 0.6 is 0 Å². The molecule has 0 radical (unpaired) electrons. The number of hydrogen-bond acceptors (Lipinski definition) is 5. The van der Waals surface area contributed by atoms with E-state index in [9.17, 15) is 14.4 Å². The minimum atomic E-state index is -1.06. The number of rotatable bonds is 4. The van der Waals surface area contributed by atoms with Crippen LogP contribution in [0.1, 0.15) is 12.7 Å². The van der Waals surface area contributed by atoms with Crippen LogP contribution in [0.3, 0.4) is 0 Å². The second-order valence-electron chi connectivity index (χ2n) is 3.92. The topological polar surface area (TPSA) is 100 Å². The molecule has 1 fully saturated rings. The van der Waals surface area contributed by atoms with Crippen molar-refractivity contribution in [1.29, 1.82) is 0 Å². The fourth-order valence-corrected chi connectivity index (χ4v) is 1.77. The van der Waals surface area contributed by atoms with Gasteiger partial charge in [-0.25, -0.2) is 4.79 Å². The molecular weight excluding hydrogens is 250 g/mol. The quantitative estimate of drug-likeness (QED) is 0.676. The zero-order valence-electron chi connectivity index (χ0n) is 10.2. The summed E-state index contributed by atoms with van der Waals surface area (Å²) in [6, 6.07) is 2.71. The summed E-state index contributed by atoms with van der Waals surface area (Å²) in [4.78, 5) is 34.3. The fourth-order valence-electron chi connectivity index (χ4n) is 1.77. The maximum absolute atomic E-state index is 11.7. The minimum absolute atomic E-state index is 0.345. The van der Waals surface area contributed by atoms with Crippen molar-refractivity contribution in [2.24, 2.45) is 5.92 Å². The third-order valence-corrected chi connectivity index (χ3v) is 2.67. The molecule has 4 amide bonds. The molecule has 0 aromatic carbocycles. The Kier molecular flexibility index (Phi) is 3.65. The van der Waals surface area contributed by atoms with E-state index in [0.29, 0.717) is 18.0 Å². The summed E-state index contributed by atoms with van der Waals surface area (Å²) in [6.45, 7) is 2.04. The number of barbiturate groups is 1. The molecule has 0 bridgehead atoms. The number of allylic oxidation sites excluding steroid dienone is 1. The predicted molar refractivity (Wildman–Crippen MR) is 64.5 cm³/mol. The smallest absolute Gasteiger partial charge is 0.328 e. The number of carbonyl (C=O) groups is 3. The lowest BCUT2D eigenvalue weighted by atomic mass is 10.0. The first kappa shape index (κ1) is 12.9. The van der Waals surface area contributed by atoms with Gasteiger partial charge in [-0.3, -0.25) is 20.2 Å². The van der Waals surface area contributed by atoms with Crippen LogP contribution in [-0.2, 0) is 16.1 Å². The number of nitrogens with one attached hydrogen (secondary N) is 3. The molecule has 1 aliphatic heterocycles. The highest BCUT2D eigenvalue weighted by Crippen LogP contribution is 2.13. The SMILES string of the molecule is C/C=C(/NCc1ccco1)C1C(=O)NC(=O)NC1=O.